The summed E-state index contributed by atoms with van der Waals surface area (Å²) in [6, 6.07) is 9.67. The van der Waals surface area contributed by atoms with Crippen molar-refractivity contribution in [2.24, 2.45) is 0 Å². The molecule has 1 aromatic rings. The molecule has 1 aliphatic rings. The Labute approximate surface area is 128 Å². The van der Waals surface area contributed by atoms with E-state index >= 15 is 0 Å². The lowest BCUT2D eigenvalue weighted by Gasteiger charge is -2.36. The molecule has 1 unspecified atom stereocenters. The fourth-order valence-corrected chi connectivity index (χ4v) is 4.04. The van der Waals surface area contributed by atoms with Crippen LogP contribution in [-0.2, 0) is 10.0 Å². The predicted molar refractivity (Wildman–Crippen MR) is 88.1 cm³/mol. The Morgan fingerprint density at radius 2 is 1.76 bits per heavy atom. The van der Waals surface area contributed by atoms with Gasteiger partial charge >= 0.3 is 0 Å². The molecule has 1 heterocycles. The van der Waals surface area contributed by atoms with Crippen molar-refractivity contribution in [1.82, 2.24) is 4.90 Å². The van der Waals surface area contributed by atoms with Gasteiger partial charge in [0, 0.05) is 12.6 Å². The van der Waals surface area contributed by atoms with Crippen molar-refractivity contribution in [3.05, 3.63) is 30.3 Å². The monoisotopic (exact) mass is 310 g/mol. The molecule has 21 heavy (non-hydrogen) atoms. The lowest BCUT2D eigenvalue weighted by molar-refractivity contribution is 0.178. The van der Waals surface area contributed by atoms with Crippen LogP contribution in [0.4, 0.5) is 5.69 Å². The zero-order valence-corrected chi connectivity index (χ0v) is 13.8. The normalized spacial score (nSPS) is 18.4. The van der Waals surface area contributed by atoms with Crippen LogP contribution in [0.3, 0.4) is 0 Å². The maximum atomic E-state index is 12.4. The Morgan fingerprint density at radius 1 is 1.14 bits per heavy atom. The van der Waals surface area contributed by atoms with E-state index in [2.05, 4.69) is 11.8 Å². The Balaban J connectivity index is 2.16. The van der Waals surface area contributed by atoms with Crippen molar-refractivity contribution in [2.45, 2.75) is 39.2 Å². The first kappa shape index (κ1) is 16.3. The number of para-hydroxylation sites is 1. The number of benzene rings is 1. The first-order valence-corrected chi connectivity index (χ1v) is 9.45. The van der Waals surface area contributed by atoms with Crippen molar-refractivity contribution in [1.29, 1.82) is 0 Å². The highest BCUT2D eigenvalue weighted by atomic mass is 32.2. The lowest BCUT2D eigenvalue weighted by Crippen LogP contribution is -2.46. The van der Waals surface area contributed by atoms with Gasteiger partial charge in [-0.1, -0.05) is 24.6 Å². The average Bonchev–Trinajstić information content (AvgIpc) is 2.54. The van der Waals surface area contributed by atoms with Crippen LogP contribution in [0.15, 0.2) is 30.3 Å². The van der Waals surface area contributed by atoms with Gasteiger partial charge in [-0.3, -0.25) is 9.21 Å². The summed E-state index contributed by atoms with van der Waals surface area (Å²) in [6.45, 7) is 6.52. The number of hydrogen-bond acceptors (Lipinski definition) is 3. The maximum Gasteiger partial charge on any atom is 0.234 e. The SMILES string of the molecule is CCS(=O)(=O)N(CC(C)N1CCCCC1)c1ccccc1. The molecule has 1 atom stereocenters. The molecular weight excluding hydrogens is 284 g/mol. The molecule has 1 saturated heterocycles. The van der Waals surface area contributed by atoms with Gasteiger partial charge in [0.2, 0.25) is 10.0 Å². The van der Waals surface area contributed by atoms with Crippen LogP contribution in [0.2, 0.25) is 0 Å². The molecule has 2 rings (SSSR count). The predicted octanol–water partition coefficient (Wildman–Crippen LogP) is 2.72. The van der Waals surface area contributed by atoms with Crippen LogP contribution in [0.5, 0.6) is 0 Å². The Bertz CT molecular complexity index is 524. The summed E-state index contributed by atoms with van der Waals surface area (Å²) >= 11 is 0. The molecule has 1 aromatic carbocycles. The molecular formula is C16H26N2O2S. The zero-order valence-electron chi connectivity index (χ0n) is 13.0. The van der Waals surface area contributed by atoms with E-state index in [1.165, 1.54) is 19.3 Å². The van der Waals surface area contributed by atoms with E-state index in [-0.39, 0.29) is 11.8 Å². The van der Waals surface area contributed by atoms with Crippen molar-refractivity contribution >= 4 is 15.7 Å². The van der Waals surface area contributed by atoms with Crippen molar-refractivity contribution in [3.63, 3.8) is 0 Å². The molecule has 0 amide bonds. The highest BCUT2D eigenvalue weighted by molar-refractivity contribution is 7.92. The third-order valence-corrected chi connectivity index (χ3v) is 5.95. The van der Waals surface area contributed by atoms with Crippen molar-refractivity contribution in [3.8, 4) is 0 Å². The second-order valence-electron chi connectivity index (χ2n) is 5.71. The van der Waals surface area contributed by atoms with Crippen LogP contribution in [0.1, 0.15) is 33.1 Å². The largest absolute Gasteiger partial charge is 0.299 e. The molecule has 1 aliphatic heterocycles. The highest BCUT2D eigenvalue weighted by Gasteiger charge is 2.25. The summed E-state index contributed by atoms with van der Waals surface area (Å²) in [6.07, 6.45) is 3.73. The van der Waals surface area contributed by atoms with Crippen LogP contribution in [0.25, 0.3) is 0 Å². The molecule has 1 fully saturated rings. The number of anilines is 1. The van der Waals surface area contributed by atoms with Crippen LogP contribution < -0.4 is 4.31 Å². The Kier molecular flexibility index (Phi) is 5.65. The van der Waals surface area contributed by atoms with Gasteiger partial charge < -0.3 is 0 Å². The summed E-state index contributed by atoms with van der Waals surface area (Å²) in [4.78, 5) is 2.41. The molecule has 0 radical (unpaired) electrons. The van der Waals surface area contributed by atoms with Gasteiger partial charge in [-0.15, -0.1) is 0 Å². The minimum absolute atomic E-state index is 0.134. The van der Waals surface area contributed by atoms with Crippen LogP contribution in [-0.4, -0.2) is 44.7 Å². The average molecular weight is 310 g/mol. The van der Waals surface area contributed by atoms with Gasteiger partial charge in [0.25, 0.3) is 0 Å². The Morgan fingerprint density at radius 3 is 2.33 bits per heavy atom. The summed E-state index contributed by atoms with van der Waals surface area (Å²) in [7, 11) is -3.24. The van der Waals surface area contributed by atoms with E-state index in [9.17, 15) is 8.42 Å². The number of likely N-dealkylation sites (tertiary alicyclic amines) is 1. The topological polar surface area (TPSA) is 40.6 Å². The fourth-order valence-electron chi connectivity index (χ4n) is 2.84. The molecule has 4 nitrogen and oxygen atoms in total. The summed E-state index contributed by atoms with van der Waals surface area (Å²) in [5.74, 6) is 0.134. The summed E-state index contributed by atoms with van der Waals surface area (Å²) in [5, 5.41) is 0. The highest BCUT2D eigenvalue weighted by Crippen LogP contribution is 2.21. The molecule has 0 spiro atoms. The fraction of sp³-hybridized carbons (Fsp3) is 0.625. The molecule has 0 aliphatic carbocycles. The second-order valence-corrected chi connectivity index (χ2v) is 7.89. The molecule has 0 aromatic heterocycles. The minimum Gasteiger partial charge on any atom is -0.299 e. The maximum absolute atomic E-state index is 12.4. The molecule has 5 heteroatoms. The number of rotatable bonds is 6. The molecule has 0 N–H and O–H groups in total. The summed E-state index contributed by atoms with van der Waals surface area (Å²) in [5.41, 5.74) is 0.767. The van der Waals surface area contributed by atoms with Gasteiger partial charge in [-0.25, -0.2) is 8.42 Å². The van der Waals surface area contributed by atoms with E-state index in [4.69, 9.17) is 0 Å². The summed E-state index contributed by atoms with van der Waals surface area (Å²) < 4.78 is 26.4. The van der Waals surface area contributed by atoms with E-state index in [1.807, 2.05) is 30.3 Å². The third-order valence-electron chi connectivity index (χ3n) is 4.19. The number of hydrogen-bond donors (Lipinski definition) is 0. The molecule has 118 valence electrons. The number of piperidine rings is 1. The van der Waals surface area contributed by atoms with Gasteiger partial charge in [0.05, 0.1) is 11.4 Å². The van der Waals surface area contributed by atoms with Gasteiger partial charge in [0.1, 0.15) is 0 Å². The first-order valence-electron chi connectivity index (χ1n) is 7.84. The van der Waals surface area contributed by atoms with E-state index in [0.29, 0.717) is 6.54 Å². The quantitative estimate of drug-likeness (QED) is 0.811. The third kappa shape index (κ3) is 4.20. The van der Waals surface area contributed by atoms with Gasteiger partial charge in [0.15, 0.2) is 0 Å². The van der Waals surface area contributed by atoms with E-state index in [1.54, 1.807) is 11.2 Å². The van der Waals surface area contributed by atoms with E-state index in [0.717, 1.165) is 18.8 Å². The van der Waals surface area contributed by atoms with E-state index < -0.39 is 10.0 Å². The van der Waals surface area contributed by atoms with Crippen molar-refractivity contribution < 1.29 is 8.42 Å². The van der Waals surface area contributed by atoms with Crippen molar-refractivity contribution in [2.75, 3.05) is 29.7 Å². The molecule has 0 bridgehead atoms. The van der Waals surface area contributed by atoms with Crippen LogP contribution in [0, 0.1) is 0 Å². The number of nitrogens with zero attached hydrogens (tertiary/aromatic N) is 2. The standard InChI is InChI=1S/C16H26N2O2S/c1-3-21(19,20)18(16-10-6-4-7-11-16)14-15(2)17-12-8-5-9-13-17/h4,6-7,10-11,15H,3,5,8-9,12-14H2,1-2H3. The number of sulfonamides is 1. The lowest BCUT2D eigenvalue weighted by atomic mass is 10.1. The van der Waals surface area contributed by atoms with Gasteiger partial charge in [-0.05, 0) is 51.9 Å². The molecule has 0 saturated carbocycles. The second kappa shape index (κ2) is 7.27. The van der Waals surface area contributed by atoms with Gasteiger partial charge in [-0.2, -0.15) is 0 Å². The zero-order chi connectivity index (χ0) is 15.3. The first-order chi connectivity index (χ1) is 10.0. The van der Waals surface area contributed by atoms with Crippen LogP contribution >= 0.6 is 0 Å². The minimum atomic E-state index is -3.24. The smallest absolute Gasteiger partial charge is 0.234 e. The Hall–Kier alpha value is -1.07.